The van der Waals surface area contributed by atoms with Gasteiger partial charge in [0.25, 0.3) is 0 Å². The van der Waals surface area contributed by atoms with E-state index in [-0.39, 0.29) is 11.8 Å². The van der Waals surface area contributed by atoms with E-state index in [0.29, 0.717) is 36.5 Å². The molecule has 0 aliphatic heterocycles. The van der Waals surface area contributed by atoms with E-state index in [4.69, 9.17) is 5.73 Å². The molecule has 1 heterocycles. The molecule has 2 aromatic carbocycles. The Hall–Kier alpha value is -3.59. The molecule has 148 valence electrons. The number of aromatic nitrogens is 2. The van der Waals surface area contributed by atoms with Crippen LogP contribution in [0.1, 0.15) is 42.5 Å². The summed E-state index contributed by atoms with van der Waals surface area (Å²) in [5.74, 6) is 0.209. The maximum Gasteiger partial charge on any atom is 0.227 e. The fraction of sp³-hybridized carbons (Fsp3) is 0.261. The highest BCUT2D eigenvalue weighted by molar-refractivity contribution is 5.83. The first-order valence-electron chi connectivity index (χ1n) is 9.81. The van der Waals surface area contributed by atoms with Gasteiger partial charge in [-0.25, -0.2) is 4.68 Å². The Kier molecular flexibility index (Phi) is 6.64. The maximum absolute atomic E-state index is 12.5. The standard InChI is InChI=1S/C23H25N5O/c1-2-19(17-10-5-3-6-11-17)23(29)26-15-9-14-21-20(16-24)22(25)28(27-21)18-12-7-4-8-13-18/h3-8,10-13,19H,2,9,14-15,25H2,1H3,(H,26,29). The second-order valence-electron chi connectivity index (χ2n) is 6.83. The molecule has 1 unspecified atom stereocenters. The number of nitrogen functional groups attached to an aromatic ring is 1. The summed E-state index contributed by atoms with van der Waals surface area (Å²) in [5, 5.41) is 17.0. The van der Waals surface area contributed by atoms with Crippen molar-refractivity contribution in [3.8, 4) is 11.8 Å². The van der Waals surface area contributed by atoms with Crippen LogP contribution in [-0.2, 0) is 11.2 Å². The number of carbonyl (C=O) groups excluding carboxylic acids is 1. The molecule has 0 aliphatic rings. The molecular formula is C23H25N5O. The Labute approximate surface area is 171 Å². The van der Waals surface area contributed by atoms with Gasteiger partial charge in [-0.2, -0.15) is 10.4 Å². The predicted molar refractivity (Wildman–Crippen MR) is 113 cm³/mol. The number of rotatable bonds is 8. The fourth-order valence-electron chi connectivity index (χ4n) is 3.39. The molecule has 6 nitrogen and oxygen atoms in total. The SMILES string of the molecule is CCC(C(=O)NCCCc1nn(-c2ccccc2)c(N)c1C#N)c1ccccc1. The molecule has 29 heavy (non-hydrogen) atoms. The van der Waals surface area contributed by atoms with Crippen LogP contribution >= 0.6 is 0 Å². The van der Waals surface area contributed by atoms with Gasteiger partial charge in [0.1, 0.15) is 17.5 Å². The average molecular weight is 387 g/mol. The minimum Gasteiger partial charge on any atom is -0.382 e. The van der Waals surface area contributed by atoms with Crippen molar-refractivity contribution >= 4 is 11.7 Å². The van der Waals surface area contributed by atoms with E-state index in [2.05, 4.69) is 16.5 Å². The highest BCUT2D eigenvalue weighted by atomic mass is 16.1. The minimum atomic E-state index is -0.154. The zero-order valence-electron chi connectivity index (χ0n) is 16.5. The van der Waals surface area contributed by atoms with Crippen LogP contribution in [-0.4, -0.2) is 22.2 Å². The van der Waals surface area contributed by atoms with E-state index in [1.807, 2.05) is 67.6 Å². The van der Waals surface area contributed by atoms with E-state index in [1.54, 1.807) is 4.68 Å². The van der Waals surface area contributed by atoms with Crippen LogP contribution in [0.4, 0.5) is 5.82 Å². The Morgan fingerprint density at radius 1 is 1.17 bits per heavy atom. The van der Waals surface area contributed by atoms with Crippen LogP contribution in [0, 0.1) is 11.3 Å². The van der Waals surface area contributed by atoms with Gasteiger partial charge in [-0.1, -0.05) is 55.5 Å². The van der Waals surface area contributed by atoms with Crippen LogP contribution < -0.4 is 11.1 Å². The molecule has 0 radical (unpaired) electrons. The summed E-state index contributed by atoms with van der Waals surface area (Å²) in [6.07, 6.45) is 1.98. The molecule has 0 spiro atoms. The van der Waals surface area contributed by atoms with Crippen molar-refractivity contribution < 1.29 is 4.79 Å². The number of anilines is 1. The Morgan fingerprint density at radius 2 is 1.83 bits per heavy atom. The van der Waals surface area contributed by atoms with Crippen molar-refractivity contribution in [1.82, 2.24) is 15.1 Å². The molecule has 0 saturated carbocycles. The third kappa shape index (κ3) is 4.64. The number of nitrogens with zero attached hydrogens (tertiary/aromatic N) is 3. The topological polar surface area (TPSA) is 96.7 Å². The Bertz CT molecular complexity index is 989. The molecule has 1 amide bonds. The number of hydrogen-bond donors (Lipinski definition) is 2. The highest BCUT2D eigenvalue weighted by Gasteiger charge is 2.19. The second kappa shape index (κ2) is 9.56. The molecule has 3 N–H and O–H groups in total. The van der Waals surface area contributed by atoms with Crippen molar-refractivity contribution in [1.29, 1.82) is 5.26 Å². The van der Waals surface area contributed by atoms with Gasteiger partial charge in [0.05, 0.1) is 17.3 Å². The summed E-state index contributed by atoms with van der Waals surface area (Å²) in [6, 6.07) is 21.4. The number of benzene rings is 2. The monoisotopic (exact) mass is 387 g/mol. The van der Waals surface area contributed by atoms with E-state index in [9.17, 15) is 10.1 Å². The first-order chi connectivity index (χ1) is 14.2. The lowest BCUT2D eigenvalue weighted by molar-refractivity contribution is -0.122. The van der Waals surface area contributed by atoms with E-state index in [1.165, 1.54) is 0 Å². The molecule has 0 bridgehead atoms. The molecule has 0 aliphatic carbocycles. The number of aryl methyl sites for hydroxylation is 1. The lowest BCUT2D eigenvalue weighted by Gasteiger charge is -2.15. The first-order valence-corrected chi connectivity index (χ1v) is 9.81. The van der Waals surface area contributed by atoms with Crippen LogP contribution in [0.5, 0.6) is 0 Å². The molecule has 0 fully saturated rings. The van der Waals surface area contributed by atoms with Crippen LogP contribution in [0.2, 0.25) is 0 Å². The van der Waals surface area contributed by atoms with Gasteiger partial charge in [0.2, 0.25) is 5.91 Å². The lowest BCUT2D eigenvalue weighted by Crippen LogP contribution is -2.30. The number of nitrogens with one attached hydrogen (secondary N) is 1. The number of amides is 1. The average Bonchev–Trinajstić information content (AvgIpc) is 3.08. The molecule has 1 aromatic heterocycles. The smallest absolute Gasteiger partial charge is 0.227 e. The molecule has 6 heteroatoms. The first kappa shape index (κ1) is 20.2. The number of nitriles is 1. The quantitative estimate of drug-likeness (QED) is 0.578. The molecule has 3 aromatic rings. The fourth-order valence-corrected chi connectivity index (χ4v) is 3.39. The van der Waals surface area contributed by atoms with Crippen molar-refractivity contribution in [3.05, 3.63) is 77.5 Å². The number of hydrogen-bond acceptors (Lipinski definition) is 4. The van der Waals surface area contributed by atoms with Gasteiger partial charge in [0.15, 0.2) is 0 Å². The minimum absolute atomic E-state index is 0.0218. The summed E-state index contributed by atoms with van der Waals surface area (Å²) in [4.78, 5) is 12.5. The largest absolute Gasteiger partial charge is 0.382 e. The van der Waals surface area contributed by atoms with Crippen LogP contribution in [0.25, 0.3) is 5.69 Å². The Morgan fingerprint density at radius 3 is 2.45 bits per heavy atom. The predicted octanol–water partition coefficient (Wildman–Crippen LogP) is 3.57. The van der Waals surface area contributed by atoms with Gasteiger partial charge in [-0.3, -0.25) is 4.79 Å². The zero-order chi connectivity index (χ0) is 20.6. The van der Waals surface area contributed by atoms with E-state index >= 15 is 0 Å². The molecule has 1 atom stereocenters. The summed E-state index contributed by atoms with van der Waals surface area (Å²) < 4.78 is 1.59. The summed E-state index contributed by atoms with van der Waals surface area (Å²) in [5.41, 5.74) is 9.02. The van der Waals surface area contributed by atoms with E-state index in [0.717, 1.165) is 17.7 Å². The van der Waals surface area contributed by atoms with Crippen molar-refractivity contribution in [2.75, 3.05) is 12.3 Å². The third-order valence-electron chi connectivity index (χ3n) is 4.92. The van der Waals surface area contributed by atoms with Crippen molar-refractivity contribution in [2.24, 2.45) is 0 Å². The van der Waals surface area contributed by atoms with Crippen LogP contribution in [0.15, 0.2) is 60.7 Å². The maximum atomic E-state index is 12.5. The third-order valence-corrected chi connectivity index (χ3v) is 4.92. The van der Waals surface area contributed by atoms with Gasteiger partial charge >= 0.3 is 0 Å². The summed E-state index contributed by atoms with van der Waals surface area (Å²) in [6.45, 7) is 2.53. The van der Waals surface area contributed by atoms with Gasteiger partial charge < -0.3 is 11.1 Å². The van der Waals surface area contributed by atoms with Gasteiger partial charge in [-0.05, 0) is 37.0 Å². The number of para-hydroxylation sites is 1. The normalized spacial score (nSPS) is 11.6. The highest BCUT2D eigenvalue weighted by Crippen LogP contribution is 2.22. The molecule has 0 saturated heterocycles. The second-order valence-corrected chi connectivity index (χ2v) is 6.83. The molecule has 3 rings (SSSR count). The van der Waals surface area contributed by atoms with E-state index < -0.39 is 0 Å². The number of nitrogens with two attached hydrogens (primary N) is 1. The van der Waals surface area contributed by atoms with Gasteiger partial charge in [-0.15, -0.1) is 0 Å². The Balaban J connectivity index is 1.61. The summed E-state index contributed by atoms with van der Waals surface area (Å²) in [7, 11) is 0. The van der Waals surface area contributed by atoms with Crippen LogP contribution in [0.3, 0.4) is 0 Å². The van der Waals surface area contributed by atoms with Gasteiger partial charge in [0, 0.05) is 6.54 Å². The lowest BCUT2D eigenvalue weighted by atomic mass is 9.95. The van der Waals surface area contributed by atoms with Crippen molar-refractivity contribution in [2.45, 2.75) is 32.1 Å². The van der Waals surface area contributed by atoms with Crippen molar-refractivity contribution in [3.63, 3.8) is 0 Å². The number of carbonyl (C=O) groups is 1. The zero-order valence-corrected chi connectivity index (χ0v) is 16.5. The summed E-state index contributed by atoms with van der Waals surface area (Å²) >= 11 is 0. The molecular weight excluding hydrogens is 362 g/mol.